The summed E-state index contributed by atoms with van der Waals surface area (Å²) in [5.41, 5.74) is 4.02. The number of benzene rings is 2. The van der Waals surface area contributed by atoms with Crippen molar-refractivity contribution in [3.63, 3.8) is 0 Å². The van der Waals surface area contributed by atoms with Gasteiger partial charge in [0.2, 0.25) is 0 Å². The molecule has 0 saturated carbocycles. The number of aromatic carboxylic acids is 1. The lowest BCUT2D eigenvalue weighted by Gasteiger charge is -2.19. The van der Waals surface area contributed by atoms with E-state index in [-0.39, 0.29) is 11.4 Å². The molecule has 2 aromatic carbocycles. The van der Waals surface area contributed by atoms with E-state index in [1.165, 1.54) is 12.1 Å². The predicted octanol–water partition coefficient (Wildman–Crippen LogP) is 4.49. The number of hydrogen-bond acceptors (Lipinski definition) is 3. The summed E-state index contributed by atoms with van der Waals surface area (Å²) in [6, 6.07) is 8.17. The fourth-order valence-electron chi connectivity index (χ4n) is 3.09. The Morgan fingerprint density at radius 3 is 2.52 bits per heavy atom. The van der Waals surface area contributed by atoms with Gasteiger partial charge in [-0.25, -0.2) is 9.18 Å². The molecule has 1 aliphatic rings. The van der Waals surface area contributed by atoms with Crippen molar-refractivity contribution in [3.05, 3.63) is 58.4 Å². The Labute approximate surface area is 146 Å². The molecule has 0 aliphatic carbocycles. The number of halogens is 1. The third kappa shape index (κ3) is 3.71. The second-order valence-electron chi connectivity index (χ2n) is 6.42. The third-order valence-electron chi connectivity index (χ3n) is 4.57. The van der Waals surface area contributed by atoms with E-state index in [1.54, 1.807) is 18.3 Å². The molecule has 0 spiro atoms. The summed E-state index contributed by atoms with van der Waals surface area (Å²) >= 11 is 0. The Balaban J connectivity index is 1.86. The van der Waals surface area contributed by atoms with E-state index in [0.29, 0.717) is 11.4 Å². The van der Waals surface area contributed by atoms with Crippen molar-refractivity contribution >= 4 is 23.6 Å². The largest absolute Gasteiger partial charge is 0.478 e. The van der Waals surface area contributed by atoms with Crippen molar-refractivity contribution < 1.29 is 14.3 Å². The summed E-state index contributed by atoms with van der Waals surface area (Å²) in [5.74, 6) is -1.19. The van der Waals surface area contributed by atoms with Crippen LogP contribution in [0.5, 0.6) is 0 Å². The van der Waals surface area contributed by atoms with Crippen LogP contribution in [0.2, 0.25) is 0 Å². The van der Waals surface area contributed by atoms with E-state index in [9.17, 15) is 9.18 Å². The van der Waals surface area contributed by atoms with Crippen molar-refractivity contribution in [1.29, 1.82) is 0 Å². The van der Waals surface area contributed by atoms with Crippen molar-refractivity contribution in [1.82, 2.24) is 0 Å². The van der Waals surface area contributed by atoms with Gasteiger partial charge in [-0.3, -0.25) is 4.99 Å². The Morgan fingerprint density at radius 2 is 1.88 bits per heavy atom. The fourth-order valence-corrected chi connectivity index (χ4v) is 3.09. The maximum absolute atomic E-state index is 14.5. The first-order valence-corrected chi connectivity index (χ1v) is 8.39. The molecule has 0 atom stereocenters. The molecule has 25 heavy (non-hydrogen) atoms. The van der Waals surface area contributed by atoms with Crippen LogP contribution in [0.4, 0.5) is 15.8 Å². The Bertz CT molecular complexity index is 840. The monoisotopic (exact) mass is 340 g/mol. The number of aliphatic imine (C=N–C) groups is 1. The Hall–Kier alpha value is -2.69. The average Bonchev–Trinajstić information content (AvgIpc) is 3.10. The van der Waals surface area contributed by atoms with Crippen LogP contribution >= 0.6 is 0 Å². The maximum Gasteiger partial charge on any atom is 0.335 e. The van der Waals surface area contributed by atoms with Gasteiger partial charge in [-0.05, 0) is 73.7 Å². The minimum Gasteiger partial charge on any atom is -0.478 e. The van der Waals surface area contributed by atoms with Crippen LogP contribution < -0.4 is 4.90 Å². The molecule has 1 fully saturated rings. The first kappa shape index (κ1) is 17.1. The quantitative estimate of drug-likeness (QED) is 0.834. The van der Waals surface area contributed by atoms with Crippen LogP contribution in [0.15, 0.2) is 35.3 Å². The van der Waals surface area contributed by atoms with E-state index in [2.05, 4.69) is 9.89 Å². The number of carboxylic acids is 1. The summed E-state index contributed by atoms with van der Waals surface area (Å²) in [4.78, 5) is 17.5. The van der Waals surface area contributed by atoms with Gasteiger partial charge >= 0.3 is 5.97 Å². The summed E-state index contributed by atoms with van der Waals surface area (Å²) in [5, 5.41) is 9.01. The van der Waals surface area contributed by atoms with Crippen LogP contribution in [0, 0.1) is 19.7 Å². The second-order valence-corrected chi connectivity index (χ2v) is 6.42. The van der Waals surface area contributed by atoms with Gasteiger partial charge in [0.15, 0.2) is 0 Å². The molecular formula is C20H21FN2O2. The Kier molecular flexibility index (Phi) is 4.83. The van der Waals surface area contributed by atoms with Crippen LogP contribution in [0.25, 0.3) is 0 Å². The minimum atomic E-state index is -0.964. The summed E-state index contributed by atoms with van der Waals surface area (Å²) < 4.78 is 14.5. The van der Waals surface area contributed by atoms with Crippen molar-refractivity contribution in [2.75, 3.05) is 18.0 Å². The first-order chi connectivity index (χ1) is 12.0. The maximum atomic E-state index is 14.5. The molecule has 0 aromatic heterocycles. The zero-order valence-electron chi connectivity index (χ0n) is 14.4. The number of aryl methyl sites for hydroxylation is 2. The molecule has 5 heteroatoms. The molecule has 1 saturated heterocycles. The van der Waals surface area contributed by atoms with Gasteiger partial charge in [-0.2, -0.15) is 0 Å². The van der Waals surface area contributed by atoms with Gasteiger partial charge in [0.1, 0.15) is 5.82 Å². The molecule has 0 amide bonds. The molecule has 3 rings (SSSR count). The highest BCUT2D eigenvalue weighted by molar-refractivity contribution is 5.89. The molecule has 1 N–H and O–H groups in total. The van der Waals surface area contributed by atoms with Crippen LogP contribution in [-0.2, 0) is 0 Å². The summed E-state index contributed by atoms with van der Waals surface area (Å²) in [7, 11) is 0. The van der Waals surface area contributed by atoms with Gasteiger partial charge in [-0.15, -0.1) is 0 Å². The number of nitrogens with zero attached hydrogens (tertiary/aromatic N) is 2. The normalized spacial score (nSPS) is 14.4. The molecule has 1 aliphatic heterocycles. The van der Waals surface area contributed by atoms with Crippen molar-refractivity contribution in [3.8, 4) is 0 Å². The number of carbonyl (C=O) groups is 1. The van der Waals surface area contributed by atoms with Crippen molar-refractivity contribution in [2.45, 2.75) is 26.7 Å². The molecule has 4 nitrogen and oxygen atoms in total. The van der Waals surface area contributed by atoms with Crippen LogP contribution in [0.1, 0.15) is 39.9 Å². The highest BCUT2D eigenvalue weighted by atomic mass is 19.1. The number of anilines is 1. The SMILES string of the molecule is Cc1cc(N2CCCC2)c(F)cc1C=Nc1ccc(C(=O)O)cc1C. The number of carboxylic acid groups (broad SMARTS) is 1. The molecule has 1 heterocycles. The highest BCUT2D eigenvalue weighted by Crippen LogP contribution is 2.27. The molecular weight excluding hydrogens is 319 g/mol. The number of hydrogen-bond donors (Lipinski definition) is 1. The second kappa shape index (κ2) is 7.05. The van der Waals surface area contributed by atoms with Crippen LogP contribution in [-0.4, -0.2) is 30.4 Å². The van der Waals surface area contributed by atoms with Gasteiger partial charge < -0.3 is 10.0 Å². The lowest BCUT2D eigenvalue weighted by Crippen LogP contribution is -2.19. The predicted molar refractivity (Wildman–Crippen MR) is 98.0 cm³/mol. The molecule has 0 unspecified atom stereocenters. The first-order valence-electron chi connectivity index (χ1n) is 8.39. The topological polar surface area (TPSA) is 52.9 Å². The van der Waals surface area contributed by atoms with E-state index in [0.717, 1.165) is 42.6 Å². The standard InChI is InChI=1S/C20H21FN2O2/c1-13-10-19(23-7-3-4-8-23)17(21)11-16(13)12-22-18-6-5-15(20(24)25)9-14(18)2/h5-6,9-12H,3-4,7-8H2,1-2H3,(H,24,25). The lowest BCUT2D eigenvalue weighted by molar-refractivity contribution is 0.0697. The summed E-state index contributed by atoms with van der Waals surface area (Å²) in [6.07, 6.45) is 3.84. The zero-order chi connectivity index (χ0) is 18.0. The van der Waals surface area contributed by atoms with Gasteiger partial charge in [-0.1, -0.05) is 0 Å². The van der Waals surface area contributed by atoms with Gasteiger partial charge in [0, 0.05) is 19.3 Å². The van der Waals surface area contributed by atoms with E-state index in [1.807, 2.05) is 19.9 Å². The Morgan fingerprint density at radius 1 is 1.16 bits per heavy atom. The average molecular weight is 340 g/mol. The number of rotatable bonds is 4. The summed E-state index contributed by atoms with van der Waals surface area (Å²) in [6.45, 7) is 5.56. The van der Waals surface area contributed by atoms with Gasteiger partial charge in [0.25, 0.3) is 0 Å². The molecule has 0 radical (unpaired) electrons. The van der Waals surface area contributed by atoms with Crippen LogP contribution in [0.3, 0.4) is 0 Å². The fraction of sp³-hybridized carbons (Fsp3) is 0.300. The molecule has 130 valence electrons. The highest BCUT2D eigenvalue weighted by Gasteiger charge is 2.17. The van der Waals surface area contributed by atoms with E-state index >= 15 is 0 Å². The van der Waals surface area contributed by atoms with Crippen molar-refractivity contribution in [2.24, 2.45) is 4.99 Å². The van der Waals surface area contributed by atoms with E-state index < -0.39 is 5.97 Å². The van der Waals surface area contributed by atoms with E-state index in [4.69, 9.17) is 5.11 Å². The smallest absolute Gasteiger partial charge is 0.335 e. The third-order valence-corrected chi connectivity index (χ3v) is 4.57. The lowest BCUT2D eigenvalue weighted by atomic mass is 10.1. The zero-order valence-corrected chi connectivity index (χ0v) is 14.4. The minimum absolute atomic E-state index is 0.230. The molecule has 0 bridgehead atoms. The van der Waals surface area contributed by atoms with Gasteiger partial charge in [0.05, 0.1) is 16.9 Å². The molecule has 2 aromatic rings.